The number of rotatable bonds is 5. The molecule has 0 bridgehead atoms. The van der Waals surface area contributed by atoms with Crippen LogP contribution in [0.4, 0.5) is 0 Å². The predicted octanol–water partition coefficient (Wildman–Crippen LogP) is -0.133. The van der Waals surface area contributed by atoms with Crippen molar-refractivity contribution in [1.82, 2.24) is 5.32 Å². The lowest BCUT2D eigenvalue weighted by molar-refractivity contribution is -0.143. The Morgan fingerprint density at radius 2 is 1.78 bits per heavy atom. The minimum absolute atomic E-state index is 0.0535. The molecule has 6 nitrogen and oxygen atoms in total. The van der Waals surface area contributed by atoms with Gasteiger partial charge in [0.05, 0.1) is 6.42 Å². The maximum Gasteiger partial charge on any atom is 0.326 e. The average molecular weight is 254 g/mol. The third-order valence-electron chi connectivity index (χ3n) is 3.98. The van der Waals surface area contributed by atoms with Crippen LogP contribution in [0.3, 0.4) is 0 Å². The quantitative estimate of drug-likeness (QED) is 0.634. The summed E-state index contributed by atoms with van der Waals surface area (Å²) in [4.78, 5) is 33.6. The number of fused-ring (bicyclic) bond motifs is 1. The van der Waals surface area contributed by atoms with Gasteiger partial charge in [-0.2, -0.15) is 0 Å². The summed E-state index contributed by atoms with van der Waals surface area (Å²) < 4.78 is 0. The highest BCUT2D eigenvalue weighted by Gasteiger charge is 2.55. The summed E-state index contributed by atoms with van der Waals surface area (Å²) in [7, 11) is 0. The molecule has 0 heterocycles. The molecule has 2 aliphatic carbocycles. The summed E-state index contributed by atoms with van der Waals surface area (Å²) >= 11 is 0. The fourth-order valence-corrected chi connectivity index (χ4v) is 3.05. The van der Waals surface area contributed by atoms with Gasteiger partial charge < -0.3 is 16.2 Å². The van der Waals surface area contributed by atoms with Gasteiger partial charge in [0.15, 0.2) is 0 Å². The fraction of sp³-hybridized carbons (Fsp3) is 0.750. The molecular formula is C12H18N2O4. The van der Waals surface area contributed by atoms with Crippen molar-refractivity contribution in [3.8, 4) is 0 Å². The second-order valence-corrected chi connectivity index (χ2v) is 5.21. The minimum atomic E-state index is -1.22. The number of carbonyl (C=O) groups excluding carboxylic acids is 2. The normalized spacial score (nSPS) is 31.0. The molecule has 2 fully saturated rings. The summed E-state index contributed by atoms with van der Waals surface area (Å²) in [6.07, 6.45) is 4.04. The Kier molecular flexibility index (Phi) is 3.54. The lowest BCUT2D eigenvalue weighted by Gasteiger charge is -2.12. The van der Waals surface area contributed by atoms with Crippen molar-refractivity contribution in [3.05, 3.63) is 0 Å². The van der Waals surface area contributed by atoms with Crippen molar-refractivity contribution in [2.75, 3.05) is 0 Å². The highest BCUT2D eigenvalue weighted by Crippen LogP contribution is 2.55. The predicted molar refractivity (Wildman–Crippen MR) is 62.3 cm³/mol. The van der Waals surface area contributed by atoms with Crippen molar-refractivity contribution in [2.45, 2.75) is 38.1 Å². The number of amides is 2. The van der Waals surface area contributed by atoms with Crippen LogP contribution in [-0.4, -0.2) is 28.9 Å². The smallest absolute Gasteiger partial charge is 0.326 e. The van der Waals surface area contributed by atoms with Gasteiger partial charge in [-0.05, 0) is 24.7 Å². The number of aliphatic carboxylic acids is 1. The van der Waals surface area contributed by atoms with E-state index in [0.717, 1.165) is 25.7 Å². The van der Waals surface area contributed by atoms with E-state index in [4.69, 9.17) is 10.8 Å². The largest absolute Gasteiger partial charge is 0.480 e. The molecule has 2 amide bonds. The van der Waals surface area contributed by atoms with Crippen LogP contribution in [-0.2, 0) is 14.4 Å². The van der Waals surface area contributed by atoms with E-state index in [-0.39, 0.29) is 18.2 Å². The van der Waals surface area contributed by atoms with E-state index in [1.54, 1.807) is 0 Å². The monoisotopic (exact) mass is 254 g/mol. The Hall–Kier alpha value is -1.59. The Morgan fingerprint density at radius 1 is 1.22 bits per heavy atom. The molecule has 6 heteroatoms. The Balaban J connectivity index is 1.89. The number of carbonyl (C=O) groups is 3. The van der Waals surface area contributed by atoms with Crippen LogP contribution in [0.1, 0.15) is 32.1 Å². The number of hydrogen-bond acceptors (Lipinski definition) is 3. The lowest BCUT2D eigenvalue weighted by Crippen LogP contribution is -2.44. The molecule has 3 unspecified atom stereocenters. The zero-order chi connectivity index (χ0) is 13.3. The molecule has 3 atom stereocenters. The first-order chi connectivity index (χ1) is 8.50. The number of carboxylic acid groups (broad SMARTS) is 1. The molecule has 0 aromatic heterocycles. The van der Waals surface area contributed by atoms with Crippen LogP contribution in [0.5, 0.6) is 0 Å². The molecule has 2 aliphatic rings. The molecule has 4 N–H and O–H groups in total. The molecule has 2 saturated carbocycles. The SMILES string of the molecule is NC(=O)CC(NC(=O)C1C2CCCCC21)C(=O)O. The molecule has 100 valence electrons. The second-order valence-electron chi connectivity index (χ2n) is 5.21. The van der Waals surface area contributed by atoms with E-state index in [1.165, 1.54) is 0 Å². The maximum atomic E-state index is 11.9. The van der Waals surface area contributed by atoms with Crippen LogP contribution in [0, 0.1) is 17.8 Å². The molecule has 2 rings (SSSR count). The first kappa shape index (κ1) is 12.9. The van der Waals surface area contributed by atoms with Crippen molar-refractivity contribution in [3.63, 3.8) is 0 Å². The third kappa shape index (κ3) is 2.63. The number of carboxylic acids is 1. The van der Waals surface area contributed by atoms with Gasteiger partial charge >= 0.3 is 5.97 Å². The Bertz CT molecular complexity index is 370. The first-order valence-electron chi connectivity index (χ1n) is 6.32. The van der Waals surface area contributed by atoms with Gasteiger partial charge in [0.1, 0.15) is 6.04 Å². The van der Waals surface area contributed by atoms with E-state index < -0.39 is 17.9 Å². The molecule has 0 aromatic carbocycles. The van der Waals surface area contributed by atoms with Crippen LogP contribution in [0.15, 0.2) is 0 Å². The Labute approximate surface area is 105 Å². The molecular weight excluding hydrogens is 236 g/mol. The van der Waals surface area contributed by atoms with E-state index in [9.17, 15) is 14.4 Å². The van der Waals surface area contributed by atoms with E-state index in [1.807, 2.05) is 0 Å². The summed E-state index contributed by atoms with van der Waals surface area (Å²) in [5.41, 5.74) is 4.96. The number of primary amides is 1. The molecule has 0 aliphatic heterocycles. The van der Waals surface area contributed by atoms with Gasteiger partial charge in [-0.15, -0.1) is 0 Å². The molecule has 0 radical (unpaired) electrons. The van der Waals surface area contributed by atoms with Crippen LogP contribution in [0.2, 0.25) is 0 Å². The number of nitrogens with two attached hydrogens (primary N) is 1. The van der Waals surface area contributed by atoms with Gasteiger partial charge in [0, 0.05) is 5.92 Å². The van der Waals surface area contributed by atoms with Gasteiger partial charge in [-0.3, -0.25) is 9.59 Å². The molecule has 18 heavy (non-hydrogen) atoms. The van der Waals surface area contributed by atoms with E-state index >= 15 is 0 Å². The van der Waals surface area contributed by atoms with Gasteiger partial charge in [-0.25, -0.2) is 4.79 Å². The van der Waals surface area contributed by atoms with Gasteiger partial charge in [0.25, 0.3) is 0 Å². The Morgan fingerprint density at radius 3 is 2.22 bits per heavy atom. The minimum Gasteiger partial charge on any atom is -0.480 e. The van der Waals surface area contributed by atoms with Crippen molar-refractivity contribution in [2.24, 2.45) is 23.5 Å². The molecule has 0 aromatic rings. The summed E-state index contributed by atoms with van der Waals surface area (Å²) in [6, 6.07) is -1.20. The maximum absolute atomic E-state index is 11.9. The fourth-order valence-electron chi connectivity index (χ4n) is 3.05. The topological polar surface area (TPSA) is 109 Å². The standard InChI is InChI=1S/C12H18N2O4/c13-9(15)5-8(12(17)18)14-11(16)10-6-3-1-2-4-7(6)10/h6-8,10H,1-5H2,(H2,13,15)(H,14,16)(H,17,18). The van der Waals surface area contributed by atoms with Crippen molar-refractivity contribution < 1.29 is 19.5 Å². The highest BCUT2D eigenvalue weighted by atomic mass is 16.4. The zero-order valence-corrected chi connectivity index (χ0v) is 10.1. The number of nitrogens with one attached hydrogen (secondary N) is 1. The summed E-state index contributed by atoms with van der Waals surface area (Å²) in [5.74, 6) is -1.40. The van der Waals surface area contributed by atoms with Crippen LogP contribution in [0.25, 0.3) is 0 Å². The summed E-state index contributed by atoms with van der Waals surface area (Å²) in [5, 5.41) is 11.3. The highest BCUT2D eigenvalue weighted by molar-refractivity contribution is 5.90. The van der Waals surface area contributed by atoms with E-state index in [2.05, 4.69) is 5.32 Å². The third-order valence-corrected chi connectivity index (χ3v) is 3.98. The average Bonchev–Trinajstić information content (AvgIpc) is 3.01. The van der Waals surface area contributed by atoms with Gasteiger partial charge in [0.2, 0.25) is 11.8 Å². The first-order valence-corrected chi connectivity index (χ1v) is 6.32. The zero-order valence-electron chi connectivity index (χ0n) is 10.1. The van der Waals surface area contributed by atoms with E-state index in [0.29, 0.717) is 11.8 Å². The van der Waals surface area contributed by atoms with Crippen LogP contribution < -0.4 is 11.1 Å². The molecule has 0 spiro atoms. The number of hydrogen-bond donors (Lipinski definition) is 3. The molecule has 0 saturated heterocycles. The van der Waals surface area contributed by atoms with Crippen LogP contribution >= 0.6 is 0 Å². The van der Waals surface area contributed by atoms with Gasteiger partial charge in [-0.1, -0.05) is 12.8 Å². The van der Waals surface area contributed by atoms with Crippen molar-refractivity contribution in [1.29, 1.82) is 0 Å². The second kappa shape index (κ2) is 4.96. The lowest BCUT2D eigenvalue weighted by atomic mass is 10.0. The summed E-state index contributed by atoms with van der Waals surface area (Å²) in [6.45, 7) is 0. The van der Waals surface area contributed by atoms with Crippen molar-refractivity contribution >= 4 is 17.8 Å².